The summed E-state index contributed by atoms with van der Waals surface area (Å²) in [7, 11) is -0.753. The maximum Gasteiger partial charge on any atom is 0.325 e. The molecule has 184 valence electrons. The van der Waals surface area contributed by atoms with Crippen LogP contribution in [0.3, 0.4) is 0 Å². The Hall–Kier alpha value is -1.07. The van der Waals surface area contributed by atoms with Crippen molar-refractivity contribution in [2.24, 2.45) is 0 Å². The van der Waals surface area contributed by atoms with E-state index in [4.69, 9.17) is 24.0 Å². The van der Waals surface area contributed by atoms with Gasteiger partial charge in [0.2, 0.25) is 5.91 Å². The summed E-state index contributed by atoms with van der Waals surface area (Å²) in [5.74, 6) is -0.863. The Morgan fingerprint density at radius 1 is 1.03 bits per heavy atom. The minimum atomic E-state index is -4.15. The molecule has 0 spiro atoms. The Labute approximate surface area is 185 Å². The van der Waals surface area contributed by atoms with Crippen molar-refractivity contribution in [3.63, 3.8) is 0 Å². The van der Waals surface area contributed by atoms with Crippen LogP contribution in [0, 0.1) is 0 Å². The van der Waals surface area contributed by atoms with E-state index in [-0.39, 0.29) is 44.6 Å². The molecule has 0 bridgehead atoms. The maximum absolute atomic E-state index is 12.8. The number of esters is 1. The number of hydrogen-bond acceptors (Lipinski definition) is 8. The number of carbonyl (C=O) groups is 2. The SMILES string of the molecule is CNCCOCCOCCN(CCCP(=O)(O)O)C(=O)CC(NC)C(=O)OC(C)(C)C. The molecule has 0 aromatic heterocycles. The largest absolute Gasteiger partial charge is 0.459 e. The van der Waals surface area contributed by atoms with Gasteiger partial charge in [0.15, 0.2) is 0 Å². The van der Waals surface area contributed by atoms with Crippen LogP contribution in [-0.4, -0.2) is 105 Å². The number of amides is 1. The summed E-state index contributed by atoms with van der Waals surface area (Å²) in [4.78, 5) is 44.6. The van der Waals surface area contributed by atoms with Crippen LogP contribution in [0.5, 0.6) is 0 Å². The standard InChI is InChI=1S/C19H40N3O8P/c1-19(2,3)30-18(24)16(21-5)15-17(23)22(8-6-14-31(25,26)27)9-11-29-13-12-28-10-7-20-4/h16,20-21H,6-15H2,1-5H3,(H2,25,26,27). The molecular formula is C19H40N3O8P. The molecule has 0 aliphatic rings. The molecule has 0 fully saturated rings. The third-order valence-corrected chi connectivity index (χ3v) is 4.92. The lowest BCUT2D eigenvalue weighted by atomic mass is 10.1. The van der Waals surface area contributed by atoms with E-state index in [0.29, 0.717) is 19.8 Å². The lowest BCUT2D eigenvalue weighted by Crippen LogP contribution is -2.45. The average Bonchev–Trinajstić information content (AvgIpc) is 2.64. The van der Waals surface area contributed by atoms with Crippen LogP contribution in [0.15, 0.2) is 0 Å². The topological polar surface area (TPSA) is 147 Å². The third kappa shape index (κ3) is 17.2. The summed E-state index contributed by atoms with van der Waals surface area (Å²) in [5.41, 5.74) is -0.679. The van der Waals surface area contributed by atoms with Gasteiger partial charge in [0.1, 0.15) is 11.6 Å². The summed E-state index contributed by atoms with van der Waals surface area (Å²) < 4.78 is 27.3. The highest BCUT2D eigenvalue weighted by Crippen LogP contribution is 2.34. The van der Waals surface area contributed by atoms with Crippen molar-refractivity contribution < 1.29 is 38.2 Å². The van der Waals surface area contributed by atoms with Crippen LogP contribution >= 0.6 is 7.60 Å². The minimum Gasteiger partial charge on any atom is -0.459 e. The fraction of sp³-hybridized carbons (Fsp3) is 0.895. The fourth-order valence-corrected chi connectivity index (χ4v) is 3.03. The van der Waals surface area contributed by atoms with Crippen molar-refractivity contribution in [1.29, 1.82) is 0 Å². The summed E-state index contributed by atoms with van der Waals surface area (Å²) in [5, 5.41) is 5.76. The third-order valence-electron chi connectivity index (χ3n) is 4.02. The van der Waals surface area contributed by atoms with Gasteiger partial charge in [0.05, 0.1) is 39.0 Å². The second-order valence-electron chi connectivity index (χ2n) is 8.03. The van der Waals surface area contributed by atoms with Gasteiger partial charge < -0.3 is 39.5 Å². The summed E-state index contributed by atoms with van der Waals surface area (Å²) in [6.07, 6.45) is -0.313. The molecule has 4 N–H and O–H groups in total. The lowest BCUT2D eigenvalue weighted by Gasteiger charge is -2.27. The van der Waals surface area contributed by atoms with Gasteiger partial charge in [-0.1, -0.05) is 0 Å². The Balaban J connectivity index is 4.72. The molecule has 0 saturated carbocycles. The average molecular weight is 470 g/mol. The first kappa shape index (κ1) is 29.9. The monoisotopic (exact) mass is 469 g/mol. The normalized spacial score (nSPS) is 13.1. The van der Waals surface area contributed by atoms with Crippen LogP contribution in [0.2, 0.25) is 0 Å². The number of hydrogen-bond donors (Lipinski definition) is 4. The molecule has 1 amide bonds. The summed E-state index contributed by atoms with van der Waals surface area (Å²) in [6, 6.07) is -0.822. The molecule has 0 saturated heterocycles. The zero-order chi connectivity index (χ0) is 23.9. The molecule has 0 aromatic carbocycles. The smallest absolute Gasteiger partial charge is 0.325 e. The van der Waals surface area contributed by atoms with E-state index in [1.54, 1.807) is 27.8 Å². The molecule has 0 aromatic rings. The van der Waals surface area contributed by atoms with Crippen LogP contribution in [-0.2, 0) is 28.4 Å². The van der Waals surface area contributed by atoms with Gasteiger partial charge in [-0.15, -0.1) is 0 Å². The zero-order valence-corrected chi connectivity index (χ0v) is 20.3. The number of nitrogens with zero attached hydrogens (tertiary/aromatic N) is 1. The molecule has 1 unspecified atom stereocenters. The van der Waals surface area contributed by atoms with Crippen LogP contribution in [0.25, 0.3) is 0 Å². The molecular weight excluding hydrogens is 429 g/mol. The van der Waals surface area contributed by atoms with E-state index < -0.39 is 25.2 Å². The van der Waals surface area contributed by atoms with Crippen LogP contribution in [0.1, 0.15) is 33.6 Å². The second kappa shape index (κ2) is 15.7. The quantitative estimate of drug-likeness (QED) is 0.130. The minimum absolute atomic E-state index is 0.131. The fourth-order valence-electron chi connectivity index (χ4n) is 2.48. The van der Waals surface area contributed by atoms with Crippen molar-refractivity contribution in [2.45, 2.75) is 45.3 Å². The molecule has 12 heteroatoms. The molecule has 0 heterocycles. The van der Waals surface area contributed by atoms with Crippen molar-refractivity contribution in [3.05, 3.63) is 0 Å². The lowest BCUT2D eigenvalue weighted by molar-refractivity contribution is -0.159. The maximum atomic E-state index is 12.8. The number of rotatable bonds is 17. The van der Waals surface area contributed by atoms with Gasteiger partial charge in [0.25, 0.3) is 0 Å². The summed E-state index contributed by atoms with van der Waals surface area (Å²) in [6.45, 7) is 7.97. The first-order valence-electron chi connectivity index (χ1n) is 10.4. The van der Waals surface area contributed by atoms with Gasteiger partial charge in [-0.05, 0) is 41.3 Å². The van der Waals surface area contributed by atoms with Crippen LogP contribution in [0.4, 0.5) is 0 Å². The number of nitrogens with one attached hydrogen (secondary N) is 2. The van der Waals surface area contributed by atoms with Crippen molar-refractivity contribution in [3.8, 4) is 0 Å². The van der Waals surface area contributed by atoms with E-state index in [2.05, 4.69) is 10.6 Å². The van der Waals surface area contributed by atoms with E-state index >= 15 is 0 Å². The van der Waals surface area contributed by atoms with Gasteiger partial charge in [-0.25, -0.2) is 0 Å². The number of ether oxygens (including phenoxy) is 3. The number of carbonyl (C=O) groups excluding carboxylic acids is 2. The van der Waals surface area contributed by atoms with Crippen molar-refractivity contribution in [2.75, 3.05) is 66.3 Å². The van der Waals surface area contributed by atoms with E-state index in [0.717, 1.165) is 6.54 Å². The van der Waals surface area contributed by atoms with Crippen LogP contribution < -0.4 is 10.6 Å². The molecule has 1 atom stereocenters. The molecule has 11 nitrogen and oxygen atoms in total. The predicted molar refractivity (Wildman–Crippen MR) is 117 cm³/mol. The predicted octanol–water partition coefficient (Wildman–Crippen LogP) is -0.0448. The van der Waals surface area contributed by atoms with E-state index in [1.807, 2.05) is 7.05 Å². The summed E-state index contributed by atoms with van der Waals surface area (Å²) >= 11 is 0. The van der Waals surface area contributed by atoms with E-state index in [1.165, 1.54) is 4.90 Å². The highest BCUT2D eigenvalue weighted by atomic mass is 31.2. The van der Waals surface area contributed by atoms with Gasteiger partial charge in [-0.2, -0.15) is 0 Å². The van der Waals surface area contributed by atoms with Gasteiger partial charge >= 0.3 is 13.6 Å². The second-order valence-corrected chi connectivity index (χ2v) is 9.81. The molecule has 0 aliphatic heterocycles. The molecule has 0 radical (unpaired) electrons. The Morgan fingerprint density at radius 3 is 2.16 bits per heavy atom. The van der Waals surface area contributed by atoms with Crippen molar-refractivity contribution in [1.82, 2.24) is 15.5 Å². The van der Waals surface area contributed by atoms with Crippen molar-refractivity contribution >= 4 is 19.5 Å². The highest BCUT2D eigenvalue weighted by Gasteiger charge is 2.28. The first-order chi connectivity index (χ1) is 14.4. The highest BCUT2D eigenvalue weighted by molar-refractivity contribution is 7.51. The molecule has 0 aliphatic carbocycles. The molecule has 0 rings (SSSR count). The van der Waals surface area contributed by atoms with Gasteiger partial charge in [-0.3, -0.25) is 14.2 Å². The Kier molecular flexibility index (Phi) is 15.1. The Morgan fingerprint density at radius 2 is 1.65 bits per heavy atom. The van der Waals surface area contributed by atoms with E-state index in [9.17, 15) is 14.2 Å². The molecule has 31 heavy (non-hydrogen) atoms. The number of likely N-dealkylation sites (N-methyl/N-ethyl adjacent to an activating group) is 2. The first-order valence-corrected chi connectivity index (χ1v) is 12.2. The Bertz CT molecular complexity index is 565. The van der Waals surface area contributed by atoms with Gasteiger partial charge in [0, 0.05) is 19.6 Å². The zero-order valence-electron chi connectivity index (χ0n) is 19.4.